The number of fused-ring (bicyclic) bond motifs is 2. The first-order valence-corrected chi connectivity index (χ1v) is 9.80. The van der Waals surface area contributed by atoms with Gasteiger partial charge < -0.3 is 9.67 Å². The Kier molecular flexibility index (Phi) is 3.93. The molecular weight excluding hydrogens is 395 g/mol. The number of nitrogens with zero attached hydrogens (tertiary/aromatic N) is 4. The average Bonchev–Trinajstić information content (AvgIpc) is 3.35. The van der Waals surface area contributed by atoms with Gasteiger partial charge in [-0.2, -0.15) is 5.10 Å². The van der Waals surface area contributed by atoms with Crippen molar-refractivity contribution >= 4 is 34.1 Å². The minimum atomic E-state index is -1.18. The first kappa shape index (κ1) is 18.1. The van der Waals surface area contributed by atoms with Crippen LogP contribution in [0.15, 0.2) is 24.4 Å². The molecule has 0 saturated heterocycles. The number of halogens is 2. The van der Waals surface area contributed by atoms with Gasteiger partial charge in [-0.15, -0.1) is 0 Å². The second-order valence-electron chi connectivity index (χ2n) is 7.68. The molecule has 0 spiro atoms. The lowest BCUT2D eigenvalue weighted by Crippen LogP contribution is -2.06. The van der Waals surface area contributed by atoms with Gasteiger partial charge in [0.15, 0.2) is 5.82 Å². The van der Waals surface area contributed by atoms with Crippen molar-refractivity contribution in [3.05, 3.63) is 52.1 Å². The van der Waals surface area contributed by atoms with Gasteiger partial charge in [0.25, 0.3) is 0 Å². The quantitative estimate of drug-likeness (QED) is 0.485. The number of aromatic nitrogens is 4. The van der Waals surface area contributed by atoms with E-state index >= 15 is 4.39 Å². The highest BCUT2D eigenvalue weighted by Crippen LogP contribution is 2.37. The summed E-state index contributed by atoms with van der Waals surface area (Å²) in [5.74, 6) is -1.16. The van der Waals surface area contributed by atoms with Crippen molar-refractivity contribution in [3.63, 3.8) is 0 Å². The third-order valence-corrected chi connectivity index (χ3v) is 5.87. The lowest BCUT2D eigenvalue weighted by atomic mass is 10.1. The monoisotopic (exact) mass is 412 g/mol. The van der Waals surface area contributed by atoms with Crippen LogP contribution >= 0.6 is 11.6 Å². The maximum atomic E-state index is 15.0. The Balaban J connectivity index is 1.79. The normalized spacial score (nSPS) is 14.2. The van der Waals surface area contributed by atoms with E-state index in [1.165, 1.54) is 30.5 Å². The molecule has 148 valence electrons. The van der Waals surface area contributed by atoms with Gasteiger partial charge in [-0.05, 0) is 50.8 Å². The number of rotatable bonds is 4. The van der Waals surface area contributed by atoms with E-state index in [-0.39, 0.29) is 16.6 Å². The SMILES string of the molecule is Cc1c(C(=O)O)cn2nc(-c3cc4ccc(Cl)nc4n3CC3CC3)c(C)c2c1F. The van der Waals surface area contributed by atoms with E-state index in [0.29, 0.717) is 22.3 Å². The van der Waals surface area contributed by atoms with Crippen molar-refractivity contribution in [2.75, 3.05) is 0 Å². The predicted molar refractivity (Wildman–Crippen MR) is 108 cm³/mol. The molecule has 4 aromatic heterocycles. The number of aromatic carboxylic acids is 1. The van der Waals surface area contributed by atoms with Crippen LogP contribution in [-0.2, 0) is 6.54 Å². The lowest BCUT2D eigenvalue weighted by molar-refractivity contribution is 0.0694. The number of aryl methyl sites for hydroxylation is 1. The molecule has 29 heavy (non-hydrogen) atoms. The molecule has 1 aliphatic carbocycles. The maximum absolute atomic E-state index is 15.0. The highest BCUT2D eigenvalue weighted by Gasteiger charge is 2.27. The van der Waals surface area contributed by atoms with Gasteiger partial charge in [0, 0.05) is 29.3 Å². The molecule has 0 amide bonds. The van der Waals surface area contributed by atoms with Crippen molar-refractivity contribution in [2.45, 2.75) is 33.2 Å². The predicted octanol–water partition coefficient (Wildman–Crippen LogP) is 4.87. The number of carboxylic acid groups (broad SMARTS) is 1. The first-order chi connectivity index (χ1) is 13.8. The van der Waals surface area contributed by atoms with Crippen molar-refractivity contribution < 1.29 is 14.3 Å². The van der Waals surface area contributed by atoms with E-state index in [4.69, 9.17) is 11.6 Å². The summed E-state index contributed by atoms with van der Waals surface area (Å²) in [7, 11) is 0. The molecule has 0 aromatic carbocycles. The second kappa shape index (κ2) is 6.29. The van der Waals surface area contributed by atoms with Crippen molar-refractivity contribution in [3.8, 4) is 11.4 Å². The van der Waals surface area contributed by atoms with Crippen molar-refractivity contribution in [1.82, 2.24) is 19.2 Å². The molecule has 6 nitrogen and oxygen atoms in total. The van der Waals surface area contributed by atoms with Gasteiger partial charge in [-0.3, -0.25) is 0 Å². The lowest BCUT2D eigenvalue weighted by Gasteiger charge is -2.08. The van der Waals surface area contributed by atoms with Crippen LogP contribution in [0.3, 0.4) is 0 Å². The Morgan fingerprint density at radius 1 is 1.31 bits per heavy atom. The molecule has 0 atom stereocenters. The van der Waals surface area contributed by atoms with E-state index in [1.54, 1.807) is 13.0 Å². The highest BCUT2D eigenvalue weighted by atomic mass is 35.5. The van der Waals surface area contributed by atoms with E-state index in [1.807, 2.05) is 12.1 Å². The topological polar surface area (TPSA) is 72.4 Å². The second-order valence-corrected chi connectivity index (χ2v) is 8.07. The van der Waals surface area contributed by atoms with Crippen LogP contribution in [0.2, 0.25) is 5.15 Å². The molecule has 4 heterocycles. The fourth-order valence-corrected chi connectivity index (χ4v) is 4.04. The standard InChI is InChI=1S/C21H18ClFN4O2/c1-10-14(21(28)29)9-27-19(17(10)23)11(2)18(25-27)15-7-13-5-6-16(22)24-20(13)26(15)8-12-3-4-12/h5-7,9,12H,3-4,8H2,1-2H3,(H,28,29). The van der Waals surface area contributed by atoms with Crippen LogP contribution in [0.5, 0.6) is 0 Å². The summed E-state index contributed by atoms with van der Waals surface area (Å²) in [5.41, 5.74) is 3.17. The zero-order valence-electron chi connectivity index (χ0n) is 15.9. The molecule has 0 bridgehead atoms. The molecule has 0 unspecified atom stereocenters. The summed E-state index contributed by atoms with van der Waals surface area (Å²) in [4.78, 5) is 16.0. The summed E-state index contributed by atoms with van der Waals surface area (Å²) in [6.45, 7) is 4.07. The zero-order chi connectivity index (χ0) is 20.4. The van der Waals surface area contributed by atoms with E-state index in [0.717, 1.165) is 23.3 Å². The minimum Gasteiger partial charge on any atom is -0.478 e. The van der Waals surface area contributed by atoms with Crippen LogP contribution in [0, 0.1) is 25.6 Å². The summed E-state index contributed by atoms with van der Waals surface area (Å²) < 4.78 is 18.4. The van der Waals surface area contributed by atoms with Crippen LogP contribution in [0.25, 0.3) is 27.9 Å². The molecule has 5 rings (SSSR count). The van der Waals surface area contributed by atoms with Gasteiger partial charge in [-0.25, -0.2) is 18.7 Å². The molecule has 1 aliphatic rings. The molecule has 4 aromatic rings. The Morgan fingerprint density at radius 3 is 2.76 bits per heavy atom. The van der Waals surface area contributed by atoms with Crippen molar-refractivity contribution in [2.24, 2.45) is 5.92 Å². The highest BCUT2D eigenvalue weighted by molar-refractivity contribution is 6.29. The number of carboxylic acids is 1. The number of hydrogen-bond donors (Lipinski definition) is 1. The van der Waals surface area contributed by atoms with Crippen LogP contribution in [-0.4, -0.2) is 30.2 Å². The fraction of sp³-hybridized carbons (Fsp3) is 0.286. The summed E-state index contributed by atoms with van der Waals surface area (Å²) in [6, 6.07) is 5.64. The third kappa shape index (κ3) is 2.80. The molecule has 1 saturated carbocycles. The Bertz CT molecular complexity index is 1320. The van der Waals surface area contributed by atoms with E-state index in [2.05, 4.69) is 14.6 Å². The Hall–Kier alpha value is -2.93. The number of hydrogen-bond acceptors (Lipinski definition) is 3. The molecule has 1 N–H and O–H groups in total. The largest absolute Gasteiger partial charge is 0.478 e. The Labute approximate surface area is 170 Å². The number of carbonyl (C=O) groups is 1. The van der Waals surface area contributed by atoms with Gasteiger partial charge in [0.2, 0.25) is 0 Å². The fourth-order valence-electron chi connectivity index (χ4n) is 3.89. The van der Waals surface area contributed by atoms with Crippen LogP contribution in [0.4, 0.5) is 4.39 Å². The van der Waals surface area contributed by atoms with Crippen molar-refractivity contribution in [1.29, 1.82) is 0 Å². The first-order valence-electron chi connectivity index (χ1n) is 9.42. The molecule has 8 heteroatoms. The average molecular weight is 413 g/mol. The minimum absolute atomic E-state index is 0.101. The molecule has 0 radical (unpaired) electrons. The maximum Gasteiger partial charge on any atom is 0.337 e. The summed E-state index contributed by atoms with van der Waals surface area (Å²) in [5, 5.41) is 15.3. The summed E-state index contributed by atoms with van der Waals surface area (Å²) in [6.07, 6.45) is 3.70. The van der Waals surface area contributed by atoms with Gasteiger partial charge in [0.1, 0.15) is 22.0 Å². The molecule has 1 fully saturated rings. The molecular formula is C21H18ClFN4O2. The van der Waals surface area contributed by atoms with Crippen LogP contribution in [0.1, 0.15) is 34.3 Å². The zero-order valence-corrected chi connectivity index (χ0v) is 16.7. The van der Waals surface area contributed by atoms with E-state index < -0.39 is 11.8 Å². The van der Waals surface area contributed by atoms with Gasteiger partial charge in [-0.1, -0.05) is 11.6 Å². The van der Waals surface area contributed by atoms with Gasteiger partial charge in [0.05, 0.1) is 11.3 Å². The smallest absolute Gasteiger partial charge is 0.337 e. The Morgan fingerprint density at radius 2 is 2.07 bits per heavy atom. The number of pyridine rings is 2. The third-order valence-electron chi connectivity index (χ3n) is 5.66. The van der Waals surface area contributed by atoms with Gasteiger partial charge >= 0.3 is 5.97 Å². The summed E-state index contributed by atoms with van der Waals surface area (Å²) >= 11 is 6.13. The molecule has 0 aliphatic heterocycles. The van der Waals surface area contributed by atoms with E-state index in [9.17, 15) is 9.90 Å². The van der Waals surface area contributed by atoms with Crippen LogP contribution < -0.4 is 0 Å².